The summed E-state index contributed by atoms with van der Waals surface area (Å²) < 4.78 is 58.2. The van der Waals surface area contributed by atoms with Crippen LogP contribution in [0.25, 0.3) is 16.8 Å². The van der Waals surface area contributed by atoms with E-state index in [4.69, 9.17) is 25.5 Å². The molecule has 2 aliphatic heterocycles. The number of carbonyl (C=O) groups excluding carboxylic acids is 2. The summed E-state index contributed by atoms with van der Waals surface area (Å²) in [5.41, 5.74) is -1.18. The normalized spacial score (nSPS) is 21.1. The minimum atomic E-state index is -4.74. The number of amides is 2. The number of pyridine rings is 1. The zero-order chi connectivity index (χ0) is 24.9. The Labute approximate surface area is 201 Å². The van der Waals surface area contributed by atoms with Crippen molar-refractivity contribution < 1.29 is 36.7 Å². The molecule has 3 aromatic heterocycles. The highest BCUT2D eigenvalue weighted by atomic mass is 35.5. The molecule has 2 amide bonds. The molecule has 0 aromatic carbocycles. The van der Waals surface area contributed by atoms with E-state index >= 15 is 0 Å². The van der Waals surface area contributed by atoms with Crippen LogP contribution < -0.4 is 0 Å². The van der Waals surface area contributed by atoms with Crippen molar-refractivity contribution in [3.8, 4) is 11.1 Å². The topological polar surface area (TPSA) is 89.5 Å². The van der Waals surface area contributed by atoms with Crippen LogP contribution in [0.15, 0.2) is 35.3 Å². The van der Waals surface area contributed by atoms with Crippen molar-refractivity contribution in [2.24, 2.45) is 0 Å². The summed E-state index contributed by atoms with van der Waals surface area (Å²) >= 11 is 6.41. The average Bonchev–Trinajstić information content (AvgIpc) is 3.58. The number of cyclic esters (lactones) is 1. The second kappa shape index (κ2) is 8.76. The molecule has 0 radical (unpaired) electrons. The maximum absolute atomic E-state index is 13.9. The van der Waals surface area contributed by atoms with Crippen molar-refractivity contribution >= 4 is 29.2 Å². The van der Waals surface area contributed by atoms with Crippen LogP contribution in [-0.4, -0.2) is 76.7 Å². The highest BCUT2D eigenvalue weighted by molar-refractivity contribution is 6.33. The Morgan fingerprint density at radius 1 is 1.29 bits per heavy atom. The largest absolute Gasteiger partial charge is 0.472 e. The molecule has 2 fully saturated rings. The van der Waals surface area contributed by atoms with Gasteiger partial charge < -0.3 is 18.8 Å². The summed E-state index contributed by atoms with van der Waals surface area (Å²) in [6.07, 6.45) is -1.24. The number of hydrogen-bond acceptors (Lipinski definition) is 6. The summed E-state index contributed by atoms with van der Waals surface area (Å²) in [7, 11) is 1.47. The Bertz CT molecular complexity index is 1280. The zero-order valence-corrected chi connectivity index (χ0v) is 19.2. The van der Waals surface area contributed by atoms with Crippen molar-refractivity contribution in [2.45, 2.75) is 24.7 Å². The van der Waals surface area contributed by atoms with Crippen LogP contribution in [0.2, 0.25) is 5.15 Å². The van der Waals surface area contributed by atoms with E-state index in [1.165, 1.54) is 36.8 Å². The van der Waals surface area contributed by atoms with Gasteiger partial charge in [-0.1, -0.05) is 11.6 Å². The molecule has 0 unspecified atom stereocenters. The molecule has 2 saturated heterocycles. The quantitative estimate of drug-likeness (QED) is 0.526. The molecule has 3 aromatic rings. The van der Waals surface area contributed by atoms with Crippen molar-refractivity contribution in [3.63, 3.8) is 0 Å². The number of piperidine rings is 1. The van der Waals surface area contributed by atoms with Crippen molar-refractivity contribution in [1.82, 2.24) is 19.2 Å². The number of methoxy groups -OCH3 is 1. The van der Waals surface area contributed by atoms with Gasteiger partial charge in [-0.2, -0.15) is 13.2 Å². The van der Waals surface area contributed by atoms with Gasteiger partial charge >= 0.3 is 12.3 Å². The predicted molar refractivity (Wildman–Crippen MR) is 116 cm³/mol. The minimum Gasteiger partial charge on any atom is -0.472 e. The molecular weight excluding hydrogens is 493 g/mol. The Kier molecular flexibility index (Phi) is 5.88. The number of fused-ring (bicyclic) bond motifs is 1. The Hall–Kier alpha value is -3.25. The Balaban J connectivity index is 1.48. The highest BCUT2D eigenvalue weighted by Gasteiger charge is 2.41. The molecule has 0 saturated carbocycles. The molecule has 13 heteroatoms. The minimum absolute atomic E-state index is 0.111. The second-order valence-corrected chi connectivity index (χ2v) is 8.64. The van der Waals surface area contributed by atoms with E-state index in [-0.39, 0.29) is 42.1 Å². The van der Waals surface area contributed by atoms with Crippen LogP contribution in [0.3, 0.4) is 0 Å². The van der Waals surface area contributed by atoms with Crippen LogP contribution in [0.4, 0.5) is 18.0 Å². The number of ether oxygens (including phenoxy) is 2. The third-order valence-electron chi connectivity index (χ3n) is 6.33. The molecule has 2 aliphatic rings. The first-order valence-corrected chi connectivity index (χ1v) is 11.1. The van der Waals surface area contributed by atoms with E-state index in [0.717, 1.165) is 10.5 Å². The number of imidazole rings is 1. The number of likely N-dealkylation sites (tertiary alicyclic amines) is 1. The van der Waals surface area contributed by atoms with E-state index in [1.807, 2.05) is 0 Å². The third-order valence-corrected chi connectivity index (χ3v) is 6.69. The summed E-state index contributed by atoms with van der Waals surface area (Å²) in [5, 5.41) is -0.236. The van der Waals surface area contributed by atoms with E-state index in [0.29, 0.717) is 18.5 Å². The number of furan rings is 1. The van der Waals surface area contributed by atoms with Crippen LogP contribution in [0.5, 0.6) is 0 Å². The van der Waals surface area contributed by atoms with E-state index in [9.17, 15) is 22.8 Å². The lowest BCUT2D eigenvalue weighted by atomic mass is 10.00. The fourth-order valence-electron chi connectivity index (χ4n) is 4.58. The second-order valence-electron chi connectivity index (χ2n) is 8.29. The average molecular weight is 513 g/mol. The Morgan fingerprint density at radius 2 is 2.09 bits per heavy atom. The molecular formula is C22H20ClF3N4O5. The lowest BCUT2D eigenvalue weighted by Gasteiger charge is -2.40. The van der Waals surface area contributed by atoms with Gasteiger partial charge in [0.25, 0.3) is 5.91 Å². The zero-order valence-electron chi connectivity index (χ0n) is 18.4. The standard InChI is InChI=1S/C22H20ClF3N4O5/c1-33-16-10-28(4-2-15(16)29-5-7-35-21(29)32)20(31)17-18(23)30-9-13(12-3-6-34-11-12)8-14(19(30)27-17)22(24,25)26/h3,6,8-9,11,15-16H,2,4-5,7,10H2,1H3/t15-,16-/m1/s1. The SMILES string of the molecule is CO[C@@H]1CN(C(=O)c2nc3c(C(F)(F)F)cc(-c4ccoc4)cn3c2Cl)CC[C@H]1N1CCOC1=O. The first kappa shape index (κ1) is 23.5. The fraction of sp³-hybridized carbons (Fsp3) is 0.409. The van der Waals surface area contributed by atoms with Gasteiger partial charge in [0.1, 0.15) is 11.8 Å². The smallest absolute Gasteiger partial charge is 0.420 e. The van der Waals surface area contributed by atoms with Gasteiger partial charge in [-0.15, -0.1) is 0 Å². The molecule has 2 atom stereocenters. The molecule has 9 nitrogen and oxygen atoms in total. The monoisotopic (exact) mass is 512 g/mol. The number of halogens is 4. The maximum atomic E-state index is 13.9. The van der Waals surface area contributed by atoms with E-state index in [2.05, 4.69) is 4.98 Å². The summed E-state index contributed by atoms with van der Waals surface area (Å²) in [6, 6.07) is 2.17. The van der Waals surface area contributed by atoms with Gasteiger partial charge in [-0.3, -0.25) is 14.1 Å². The lowest BCUT2D eigenvalue weighted by molar-refractivity contribution is -0.136. The number of carbonyl (C=O) groups is 2. The summed E-state index contributed by atoms with van der Waals surface area (Å²) in [6.45, 7) is 1.06. The van der Waals surface area contributed by atoms with E-state index < -0.39 is 35.5 Å². The molecule has 5 rings (SSSR count). The molecule has 0 spiro atoms. The van der Waals surface area contributed by atoms with Crippen molar-refractivity contribution in [3.05, 3.63) is 47.3 Å². The van der Waals surface area contributed by atoms with Gasteiger partial charge in [0.2, 0.25) is 0 Å². The molecule has 0 bridgehead atoms. The van der Waals surface area contributed by atoms with Gasteiger partial charge in [-0.05, 0) is 18.6 Å². The Morgan fingerprint density at radius 3 is 2.71 bits per heavy atom. The summed E-state index contributed by atoms with van der Waals surface area (Å²) in [4.78, 5) is 32.3. The maximum Gasteiger partial charge on any atom is 0.420 e. The van der Waals surface area contributed by atoms with Gasteiger partial charge in [0.05, 0.1) is 36.8 Å². The molecule has 0 N–H and O–H groups in total. The van der Waals surface area contributed by atoms with Crippen molar-refractivity contribution in [1.29, 1.82) is 0 Å². The van der Waals surface area contributed by atoms with Gasteiger partial charge in [0.15, 0.2) is 11.3 Å². The number of alkyl halides is 3. The highest BCUT2D eigenvalue weighted by Crippen LogP contribution is 2.37. The molecule has 0 aliphatic carbocycles. The summed E-state index contributed by atoms with van der Waals surface area (Å²) in [5.74, 6) is -0.624. The number of hydrogen-bond donors (Lipinski definition) is 0. The van der Waals surface area contributed by atoms with Crippen LogP contribution in [0, 0.1) is 0 Å². The van der Waals surface area contributed by atoms with Gasteiger partial charge in [0, 0.05) is 37.5 Å². The molecule has 5 heterocycles. The van der Waals surface area contributed by atoms with Crippen LogP contribution in [-0.2, 0) is 15.7 Å². The van der Waals surface area contributed by atoms with Crippen LogP contribution in [0.1, 0.15) is 22.5 Å². The first-order chi connectivity index (χ1) is 16.7. The molecule has 186 valence electrons. The van der Waals surface area contributed by atoms with Gasteiger partial charge in [-0.25, -0.2) is 9.78 Å². The number of rotatable bonds is 4. The third kappa shape index (κ3) is 4.10. The fourth-order valence-corrected chi connectivity index (χ4v) is 4.83. The number of aromatic nitrogens is 2. The first-order valence-electron chi connectivity index (χ1n) is 10.8. The van der Waals surface area contributed by atoms with Crippen molar-refractivity contribution in [2.75, 3.05) is 33.4 Å². The number of nitrogens with zero attached hydrogens (tertiary/aromatic N) is 4. The van der Waals surface area contributed by atoms with Crippen LogP contribution >= 0.6 is 11.6 Å². The molecule has 35 heavy (non-hydrogen) atoms. The predicted octanol–water partition coefficient (Wildman–Crippen LogP) is 3.95. The van der Waals surface area contributed by atoms with E-state index in [1.54, 1.807) is 4.90 Å². The lowest BCUT2D eigenvalue weighted by Crippen LogP contribution is -2.56.